The summed E-state index contributed by atoms with van der Waals surface area (Å²) in [5.74, 6) is 1.59. The Balaban J connectivity index is 1.63. The Labute approximate surface area is 109 Å². The van der Waals surface area contributed by atoms with E-state index in [-0.39, 0.29) is 5.91 Å². The summed E-state index contributed by atoms with van der Waals surface area (Å²) in [5, 5.41) is 6.13. The first kappa shape index (κ1) is 12.9. The van der Waals surface area contributed by atoms with Crippen molar-refractivity contribution in [2.75, 3.05) is 18.4 Å². The van der Waals surface area contributed by atoms with Gasteiger partial charge in [0.15, 0.2) is 0 Å². The third kappa shape index (κ3) is 4.06. The predicted octanol–water partition coefficient (Wildman–Crippen LogP) is 2.65. The summed E-state index contributed by atoms with van der Waals surface area (Å²) in [6, 6.07) is 9.81. The van der Waals surface area contributed by atoms with Crippen LogP contribution in [-0.4, -0.2) is 19.0 Å². The fraction of sp³-hybridized carbons (Fsp3) is 0.533. The molecule has 2 rings (SSSR count). The summed E-state index contributed by atoms with van der Waals surface area (Å²) in [6.45, 7) is 3.48. The number of carbonyl (C=O) groups is 1. The molecule has 0 heterocycles. The van der Waals surface area contributed by atoms with E-state index in [1.54, 1.807) is 0 Å². The number of anilines is 1. The van der Waals surface area contributed by atoms with E-state index in [2.05, 4.69) is 17.6 Å². The zero-order valence-corrected chi connectivity index (χ0v) is 11.0. The van der Waals surface area contributed by atoms with Gasteiger partial charge in [-0.15, -0.1) is 0 Å². The maximum Gasteiger partial charge on any atom is 0.239 e. The highest BCUT2D eigenvalue weighted by Crippen LogP contribution is 2.29. The Bertz CT molecular complexity index is 377. The summed E-state index contributed by atoms with van der Waals surface area (Å²) < 4.78 is 0. The summed E-state index contributed by atoms with van der Waals surface area (Å²) in [5.41, 5.74) is 0.988. The molecule has 3 nitrogen and oxygen atoms in total. The Morgan fingerprint density at radius 1 is 1.28 bits per heavy atom. The highest BCUT2D eigenvalue weighted by atomic mass is 16.1. The minimum Gasteiger partial charge on any atom is -0.376 e. The van der Waals surface area contributed by atoms with E-state index in [1.807, 2.05) is 30.3 Å². The first-order chi connectivity index (χ1) is 8.74. The number of nitrogens with one attached hydrogen (secondary N) is 2. The molecular weight excluding hydrogens is 224 g/mol. The highest BCUT2D eigenvalue weighted by molar-refractivity contribution is 5.80. The Morgan fingerprint density at radius 2 is 2.06 bits per heavy atom. The van der Waals surface area contributed by atoms with Gasteiger partial charge in [-0.25, -0.2) is 0 Å². The van der Waals surface area contributed by atoms with Crippen LogP contribution in [0.5, 0.6) is 0 Å². The molecule has 1 amide bonds. The standard InChI is InChI=1S/C15H22N2O/c1-12-7-8-13(9-12)10-17-15(18)11-16-14-5-3-2-4-6-14/h2-6,12-13,16H,7-11H2,1H3,(H,17,18). The first-order valence-corrected chi connectivity index (χ1v) is 6.79. The molecule has 1 aliphatic rings. The number of hydrogen-bond donors (Lipinski definition) is 2. The Morgan fingerprint density at radius 3 is 2.72 bits per heavy atom. The summed E-state index contributed by atoms with van der Waals surface area (Å²) in [6.07, 6.45) is 3.82. The van der Waals surface area contributed by atoms with E-state index in [0.29, 0.717) is 12.5 Å². The van der Waals surface area contributed by atoms with Crippen molar-refractivity contribution in [1.82, 2.24) is 5.32 Å². The molecule has 0 aromatic heterocycles. The van der Waals surface area contributed by atoms with Gasteiger partial charge in [0.05, 0.1) is 6.54 Å². The zero-order valence-electron chi connectivity index (χ0n) is 11.0. The molecule has 2 atom stereocenters. The lowest BCUT2D eigenvalue weighted by Crippen LogP contribution is -2.33. The lowest BCUT2D eigenvalue weighted by atomic mass is 10.1. The molecule has 3 heteroatoms. The zero-order chi connectivity index (χ0) is 12.8. The number of rotatable bonds is 5. The molecule has 0 saturated heterocycles. The Kier molecular flexibility index (Phi) is 4.62. The van der Waals surface area contributed by atoms with E-state index >= 15 is 0 Å². The van der Waals surface area contributed by atoms with Crippen LogP contribution in [0.2, 0.25) is 0 Å². The minimum atomic E-state index is 0.0819. The summed E-state index contributed by atoms with van der Waals surface area (Å²) >= 11 is 0. The van der Waals surface area contributed by atoms with Crippen molar-refractivity contribution >= 4 is 11.6 Å². The number of benzene rings is 1. The Hall–Kier alpha value is -1.51. The summed E-state index contributed by atoms with van der Waals surface area (Å²) in [7, 11) is 0. The number of para-hydroxylation sites is 1. The number of hydrogen-bond acceptors (Lipinski definition) is 2. The topological polar surface area (TPSA) is 41.1 Å². The van der Waals surface area contributed by atoms with Crippen molar-refractivity contribution in [3.63, 3.8) is 0 Å². The third-order valence-corrected chi connectivity index (χ3v) is 3.62. The normalized spacial score (nSPS) is 22.7. The van der Waals surface area contributed by atoms with Crippen molar-refractivity contribution in [3.8, 4) is 0 Å². The molecule has 1 aromatic rings. The van der Waals surface area contributed by atoms with Gasteiger partial charge in [0.2, 0.25) is 5.91 Å². The van der Waals surface area contributed by atoms with Gasteiger partial charge in [-0.05, 0) is 36.8 Å². The molecular formula is C15H22N2O. The van der Waals surface area contributed by atoms with Crippen LogP contribution in [0.4, 0.5) is 5.69 Å². The first-order valence-electron chi connectivity index (χ1n) is 6.79. The monoisotopic (exact) mass is 246 g/mol. The molecule has 1 saturated carbocycles. The minimum absolute atomic E-state index is 0.0819. The second kappa shape index (κ2) is 6.43. The van der Waals surface area contributed by atoms with Crippen molar-refractivity contribution in [3.05, 3.63) is 30.3 Å². The predicted molar refractivity (Wildman–Crippen MR) is 74.4 cm³/mol. The lowest BCUT2D eigenvalue weighted by Gasteiger charge is -2.12. The van der Waals surface area contributed by atoms with E-state index in [9.17, 15) is 4.79 Å². The van der Waals surface area contributed by atoms with Gasteiger partial charge in [0.1, 0.15) is 0 Å². The van der Waals surface area contributed by atoms with E-state index in [0.717, 1.165) is 18.2 Å². The van der Waals surface area contributed by atoms with Crippen molar-refractivity contribution in [2.24, 2.45) is 11.8 Å². The molecule has 2 N–H and O–H groups in total. The SMILES string of the molecule is CC1CCC(CNC(=O)CNc2ccccc2)C1. The highest BCUT2D eigenvalue weighted by Gasteiger charge is 2.21. The molecule has 1 aromatic carbocycles. The van der Waals surface area contributed by atoms with E-state index < -0.39 is 0 Å². The fourth-order valence-electron chi connectivity index (χ4n) is 2.57. The van der Waals surface area contributed by atoms with Crippen LogP contribution < -0.4 is 10.6 Å². The molecule has 1 fully saturated rings. The van der Waals surface area contributed by atoms with E-state index in [1.165, 1.54) is 19.3 Å². The largest absolute Gasteiger partial charge is 0.376 e. The quantitative estimate of drug-likeness (QED) is 0.838. The number of carbonyl (C=O) groups excluding carboxylic acids is 1. The molecule has 18 heavy (non-hydrogen) atoms. The second-order valence-corrected chi connectivity index (χ2v) is 5.31. The van der Waals surface area contributed by atoms with Crippen LogP contribution in [0, 0.1) is 11.8 Å². The van der Waals surface area contributed by atoms with Crippen LogP contribution in [0.1, 0.15) is 26.2 Å². The molecule has 2 unspecified atom stereocenters. The average Bonchev–Trinajstić information content (AvgIpc) is 2.81. The lowest BCUT2D eigenvalue weighted by molar-refractivity contribution is -0.119. The molecule has 0 aliphatic heterocycles. The van der Waals surface area contributed by atoms with Crippen molar-refractivity contribution in [1.29, 1.82) is 0 Å². The van der Waals surface area contributed by atoms with Crippen LogP contribution in [0.3, 0.4) is 0 Å². The van der Waals surface area contributed by atoms with Crippen LogP contribution in [-0.2, 0) is 4.79 Å². The van der Waals surface area contributed by atoms with Crippen LogP contribution in [0.15, 0.2) is 30.3 Å². The smallest absolute Gasteiger partial charge is 0.239 e. The molecule has 98 valence electrons. The van der Waals surface area contributed by atoms with Crippen LogP contribution >= 0.6 is 0 Å². The van der Waals surface area contributed by atoms with Gasteiger partial charge >= 0.3 is 0 Å². The molecule has 0 spiro atoms. The maximum atomic E-state index is 11.7. The van der Waals surface area contributed by atoms with Gasteiger partial charge < -0.3 is 10.6 Å². The maximum absolute atomic E-state index is 11.7. The van der Waals surface area contributed by atoms with Gasteiger partial charge in [-0.1, -0.05) is 31.5 Å². The summed E-state index contributed by atoms with van der Waals surface area (Å²) in [4.78, 5) is 11.7. The van der Waals surface area contributed by atoms with Crippen LogP contribution in [0.25, 0.3) is 0 Å². The van der Waals surface area contributed by atoms with Gasteiger partial charge in [-0.2, -0.15) is 0 Å². The van der Waals surface area contributed by atoms with Gasteiger partial charge in [0, 0.05) is 12.2 Å². The molecule has 1 aliphatic carbocycles. The molecule has 0 bridgehead atoms. The van der Waals surface area contributed by atoms with E-state index in [4.69, 9.17) is 0 Å². The van der Waals surface area contributed by atoms with Gasteiger partial charge in [0.25, 0.3) is 0 Å². The van der Waals surface area contributed by atoms with Gasteiger partial charge in [-0.3, -0.25) is 4.79 Å². The fourth-order valence-corrected chi connectivity index (χ4v) is 2.57. The second-order valence-electron chi connectivity index (χ2n) is 5.31. The van der Waals surface area contributed by atoms with Crippen molar-refractivity contribution in [2.45, 2.75) is 26.2 Å². The number of amides is 1. The van der Waals surface area contributed by atoms with Crippen molar-refractivity contribution < 1.29 is 4.79 Å². The average molecular weight is 246 g/mol. The third-order valence-electron chi connectivity index (χ3n) is 3.62. The molecule has 0 radical (unpaired) electrons.